The molecule has 0 aliphatic carbocycles. The molecule has 120 valence electrons. The monoisotopic (exact) mass is 311 g/mol. The molecule has 3 rings (SSSR count). The van der Waals surface area contributed by atoms with Crippen LogP contribution in [0.4, 0.5) is 0 Å². The largest absolute Gasteiger partial charge is 0.481 e. The lowest BCUT2D eigenvalue weighted by molar-refractivity contribution is -0.139. The third kappa shape index (κ3) is 2.69. The lowest BCUT2D eigenvalue weighted by Gasteiger charge is -2.23. The van der Waals surface area contributed by atoms with Gasteiger partial charge in [-0.2, -0.15) is 0 Å². The smallest absolute Gasteiger partial charge is 0.312 e. The number of rotatable bonds is 4. The number of aliphatic carboxylic acids is 1. The molecule has 23 heavy (non-hydrogen) atoms. The summed E-state index contributed by atoms with van der Waals surface area (Å²) in [5, 5.41) is 9.40. The van der Waals surface area contributed by atoms with Gasteiger partial charge in [-0.25, -0.2) is 0 Å². The number of hydrogen-bond acceptors (Lipinski definition) is 2. The van der Waals surface area contributed by atoms with Crippen molar-refractivity contribution >= 4 is 11.8 Å². The van der Waals surface area contributed by atoms with E-state index in [9.17, 15) is 14.7 Å². The van der Waals surface area contributed by atoms with Crippen LogP contribution in [-0.2, 0) is 17.8 Å². The Bertz CT molecular complexity index is 756. The lowest BCUT2D eigenvalue weighted by atomic mass is 9.96. The van der Waals surface area contributed by atoms with E-state index in [2.05, 4.69) is 6.92 Å². The number of hydrogen-bond donors (Lipinski definition) is 1. The maximum Gasteiger partial charge on any atom is 0.312 e. The summed E-state index contributed by atoms with van der Waals surface area (Å²) in [5.74, 6) is -1.34. The van der Waals surface area contributed by atoms with Crippen molar-refractivity contribution in [1.29, 1.82) is 0 Å². The lowest BCUT2D eigenvalue weighted by Crippen LogP contribution is -2.24. The van der Waals surface area contributed by atoms with Crippen LogP contribution in [0, 0.1) is 6.92 Å². The highest BCUT2D eigenvalue weighted by atomic mass is 16.4. The maximum absolute atomic E-state index is 12.9. The molecule has 1 aromatic carbocycles. The molecule has 4 heteroatoms. The SMILES string of the molecule is CCc1ccc(C(=O)c2c(C)cc3n2CCCC3C(=O)O)cc1. The van der Waals surface area contributed by atoms with Crippen LogP contribution in [0.3, 0.4) is 0 Å². The number of aromatic nitrogens is 1. The summed E-state index contributed by atoms with van der Waals surface area (Å²) in [4.78, 5) is 24.4. The number of benzene rings is 1. The molecule has 1 aromatic heterocycles. The second kappa shape index (κ2) is 6.03. The van der Waals surface area contributed by atoms with E-state index in [1.165, 1.54) is 5.56 Å². The Kier molecular flexibility index (Phi) is 4.07. The summed E-state index contributed by atoms with van der Waals surface area (Å²) in [5.41, 5.74) is 4.10. The van der Waals surface area contributed by atoms with Gasteiger partial charge in [-0.1, -0.05) is 31.2 Å². The van der Waals surface area contributed by atoms with Gasteiger partial charge in [0.15, 0.2) is 0 Å². The van der Waals surface area contributed by atoms with Gasteiger partial charge in [0.2, 0.25) is 5.78 Å². The van der Waals surface area contributed by atoms with Crippen molar-refractivity contribution < 1.29 is 14.7 Å². The topological polar surface area (TPSA) is 59.3 Å². The zero-order valence-electron chi connectivity index (χ0n) is 13.5. The van der Waals surface area contributed by atoms with Crippen LogP contribution in [0.5, 0.6) is 0 Å². The summed E-state index contributed by atoms with van der Waals surface area (Å²) in [7, 11) is 0. The highest BCUT2D eigenvalue weighted by molar-refractivity contribution is 6.09. The number of nitrogens with zero attached hydrogens (tertiary/aromatic N) is 1. The van der Waals surface area contributed by atoms with Crippen molar-refractivity contribution in [2.75, 3.05) is 0 Å². The van der Waals surface area contributed by atoms with Gasteiger partial charge < -0.3 is 9.67 Å². The number of carboxylic acids is 1. The van der Waals surface area contributed by atoms with E-state index in [4.69, 9.17) is 0 Å². The van der Waals surface area contributed by atoms with E-state index < -0.39 is 11.9 Å². The molecule has 1 atom stereocenters. The summed E-state index contributed by atoms with van der Waals surface area (Å²) >= 11 is 0. The molecule has 1 aliphatic rings. The number of carbonyl (C=O) groups excluding carboxylic acids is 1. The van der Waals surface area contributed by atoms with Crippen molar-refractivity contribution in [2.24, 2.45) is 0 Å². The third-order valence-electron chi connectivity index (χ3n) is 4.69. The van der Waals surface area contributed by atoms with Gasteiger partial charge in [0, 0.05) is 17.8 Å². The highest BCUT2D eigenvalue weighted by Crippen LogP contribution is 2.32. The van der Waals surface area contributed by atoms with Crippen LogP contribution in [0.25, 0.3) is 0 Å². The number of carboxylic acid groups (broad SMARTS) is 1. The van der Waals surface area contributed by atoms with Crippen molar-refractivity contribution in [1.82, 2.24) is 4.57 Å². The fraction of sp³-hybridized carbons (Fsp3) is 0.368. The van der Waals surface area contributed by atoms with Gasteiger partial charge in [0.1, 0.15) is 0 Å². The summed E-state index contributed by atoms with van der Waals surface area (Å²) in [6, 6.07) is 9.53. The minimum Gasteiger partial charge on any atom is -0.481 e. The zero-order valence-corrected chi connectivity index (χ0v) is 13.5. The summed E-state index contributed by atoms with van der Waals surface area (Å²) in [6.07, 6.45) is 2.36. The average Bonchev–Trinajstić information content (AvgIpc) is 2.89. The van der Waals surface area contributed by atoms with E-state index >= 15 is 0 Å². The van der Waals surface area contributed by atoms with Crippen LogP contribution in [-0.4, -0.2) is 21.4 Å². The van der Waals surface area contributed by atoms with E-state index in [1.807, 2.05) is 41.8 Å². The van der Waals surface area contributed by atoms with Gasteiger partial charge in [0.05, 0.1) is 11.6 Å². The Labute approximate surface area is 135 Å². The fourth-order valence-electron chi connectivity index (χ4n) is 3.42. The first-order valence-corrected chi connectivity index (χ1v) is 8.09. The molecular formula is C19H21NO3. The molecule has 0 amide bonds. The van der Waals surface area contributed by atoms with Crippen LogP contribution in [0.15, 0.2) is 30.3 Å². The number of carbonyl (C=O) groups is 2. The van der Waals surface area contributed by atoms with E-state index in [0.717, 1.165) is 24.1 Å². The molecule has 0 spiro atoms. The van der Waals surface area contributed by atoms with Gasteiger partial charge in [0.25, 0.3) is 0 Å². The minimum atomic E-state index is -0.810. The summed E-state index contributed by atoms with van der Waals surface area (Å²) < 4.78 is 1.91. The average molecular weight is 311 g/mol. The second-order valence-electron chi connectivity index (χ2n) is 6.17. The van der Waals surface area contributed by atoms with Gasteiger partial charge >= 0.3 is 5.97 Å². The Hall–Kier alpha value is -2.36. The molecule has 2 aromatic rings. The van der Waals surface area contributed by atoms with Crippen LogP contribution in [0.1, 0.15) is 58.6 Å². The molecule has 0 bridgehead atoms. The first-order valence-electron chi connectivity index (χ1n) is 8.09. The standard InChI is InChI=1S/C19H21NO3/c1-3-13-6-8-14(9-7-13)18(21)17-12(2)11-16-15(19(22)23)5-4-10-20(16)17/h6-9,11,15H,3-5,10H2,1-2H3,(H,22,23). The third-order valence-corrected chi connectivity index (χ3v) is 4.69. The molecular weight excluding hydrogens is 290 g/mol. The molecule has 0 saturated heterocycles. The molecule has 0 saturated carbocycles. The number of fused-ring (bicyclic) bond motifs is 1. The van der Waals surface area contributed by atoms with Crippen LogP contribution < -0.4 is 0 Å². The van der Waals surface area contributed by atoms with E-state index in [1.54, 1.807) is 0 Å². The van der Waals surface area contributed by atoms with Gasteiger partial charge in [-0.3, -0.25) is 9.59 Å². The van der Waals surface area contributed by atoms with E-state index in [-0.39, 0.29) is 5.78 Å². The Morgan fingerprint density at radius 1 is 1.26 bits per heavy atom. The Morgan fingerprint density at radius 3 is 2.57 bits per heavy atom. The fourth-order valence-corrected chi connectivity index (χ4v) is 3.42. The Balaban J connectivity index is 2.02. The van der Waals surface area contributed by atoms with Crippen molar-refractivity contribution in [3.05, 3.63) is 58.4 Å². The number of aryl methyl sites for hydroxylation is 2. The van der Waals surface area contributed by atoms with E-state index in [0.29, 0.717) is 24.2 Å². The first-order chi connectivity index (χ1) is 11.0. The van der Waals surface area contributed by atoms with Crippen molar-refractivity contribution in [2.45, 2.75) is 45.6 Å². The second-order valence-corrected chi connectivity index (χ2v) is 6.17. The predicted octanol–water partition coefficient (Wildman–Crippen LogP) is 3.55. The summed E-state index contributed by atoms with van der Waals surface area (Å²) in [6.45, 7) is 4.68. The normalized spacial score (nSPS) is 16.9. The number of ketones is 1. The maximum atomic E-state index is 12.9. The van der Waals surface area contributed by atoms with Gasteiger partial charge in [-0.15, -0.1) is 0 Å². The molecule has 4 nitrogen and oxygen atoms in total. The first kappa shape index (κ1) is 15.5. The molecule has 2 heterocycles. The highest BCUT2D eigenvalue weighted by Gasteiger charge is 2.31. The van der Waals surface area contributed by atoms with Crippen molar-refractivity contribution in [3.8, 4) is 0 Å². The Morgan fingerprint density at radius 2 is 1.96 bits per heavy atom. The molecule has 0 radical (unpaired) electrons. The molecule has 0 fully saturated rings. The van der Waals surface area contributed by atoms with Gasteiger partial charge in [-0.05, 0) is 43.4 Å². The zero-order chi connectivity index (χ0) is 16.6. The minimum absolute atomic E-state index is 0.0255. The molecule has 1 unspecified atom stereocenters. The predicted molar refractivity (Wildman–Crippen MR) is 88.0 cm³/mol. The quantitative estimate of drug-likeness (QED) is 0.878. The van der Waals surface area contributed by atoms with Crippen molar-refractivity contribution in [3.63, 3.8) is 0 Å². The molecule has 1 aliphatic heterocycles. The van der Waals surface area contributed by atoms with Crippen LogP contribution in [0.2, 0.25) is 0 Å². The molecule has 1 N–H and O–H groups in total. The van der Waals surface area contributed by atoms with Crippen LogP contribution >= 0.6 is 0 Å².